The van der Waals surface area contributed by atoms with Crippen molar-refractivity contribution in [3.63, 3.8) is 0 Å². The zero-order valence-electron chi connectivity index (χ0n) is 11.8. The van der Waals surface area contributed by atoms with E-state index in [4.69, 9.17) is 10.4 Å². The van der Waals surface area contributed by atoms with Crippen molar-refractivity contribution in [3.8, 4) is 6.07 Å². The maximum absolute atomic E-state index is 12.8. The molecule has 0 unspecified atom stereocenters. The van der Waals surface area contributed by atoms with E-state index >= 15 is 0 Å². The molecule has 114 valence electrons. The van der Waals surface area contributed by atoms with E-state index < -0.39 is 17.7 Å². The van der Waals surface area contributed by atoms with E-state index in [0.717, 1.165) is 0 Å². The number of hydrogen-bond acceptors (Lipinski definition) is 3. The Kier molecular flexibility index (Phi) is 4.85. The van der Waals surface area contributed by atoms with Crippen molar-refractivity contribution in [3.05, 3.63) is 71.0 Å². The molecule has 1 amide bonds. The van der Waals surface area contributed by atoms with Crippen LogP contribution < -0.4 is 5.32 Å². The molecule has 0 aromatic heterocycles. The molecule has 0 aliphatic carbocycles. The zero-order chi connectivity index (χ0) is 16.8. The Labute approximate surface area is 131 Å². The smallest absolute Gasteiger partial charge is 0.335 e. The van der Waals surface area contributed by atoms with Crippen LogP contribution in [-0.2, 0) is 4.79 Å². The minimum absolute atomic E-state index is 0.0883. The number of carboxylic acid groups (broad SMARTS) is 1. The number of rotatable bonds is 4. The summed E-state index contributed by atoms with van der Waals surface area (Å²) in [6.45, 7) is 0. The van der Waals surface area contributed by atoms with Crippen molar-refractivity contribution in [1.29, 1.82) is 5.26 Å². The second-order valence-corrected chi connectivity index (χ2v) is 4.56. The molecule has 0 saturated heterocycles. The Morgan fingerprint density at radius 3 is 2.22 bits per heavy atom. The molecule has 5 nitrogen and oxygen atoms in total. The second kappa shape index (κ2) is 7.00. The lowest BCUT2D eigenvalue weighted by Crippen LogP contribution is -2.13. The number of halogens is 1. The van der Waals surface area contributed by atoms with Crippen LogP contribution in [-0.4, -0.2) is 17.0 Å². The number of amides is 1. The summed E-state index contributed by atoms with van der Waals surface area (Å²) in [7, 11) is 0. The second-order valence-electron chi connectivity index (χ2n) is 4.56. The van der Waals surface area contributed by atoms with E-state index in [2.05, 4.69) is 5.32 Å². The van der Waals surface area contributed by atoms with Crippen LogP contribution in [0.1, 0.15) is 15.9 Å². The van der Waals surface area contributed by atoms with Gasteiger partial charge >= 0.3 is 5.97 Å². The van der Waals surface area contributed by atoms with Gasteiger partial charge in [0.15, 0.2) is 0 Å². The lowest BCUT2D eigenvalue weighted by molar-refractivity contribution is -0.112. The van der Waals surface area contributed by atoms with Crippen LogP contribution >= 0.6 is 0 Å². The third kappa shape index (κ3) is 4.25. The van der Waals surface area contributed by atoms with Gasteiger partial charge in [-0.05, 0) is 48.0 Å². The number of nitrogens with one attached hydrogen (secondary N) is 1. The summed E-state index contributed by atoms with van der Waals surface area (Å²) in [6.07, 6.45) is 1.33. The minimum Gasteiger partial charge on any atom is -0.478 e. The first-order valence-corrected chi connectivity index (χ1v) is 6.51. The summed E-state index contributed by atoms with van der Waals surface area (Å²) in [4.78, 5) is 22.8. The Morgan fingerprint density at radius 1 is 1.09 bits per heavy atom. The van der Waals surface area contributed by atoms with E-state index in [1.807, 2.05) is 0 Å². The van der Waals surface area contributed by atoms with Gasteiger partial charge in [-0.15, -0.1) is 0 Å². The first kappa shape index (κ1) is 15.9. The molecule has 2 aromatic carbocycles. The average molecular weight is 310 g/mol. The molecule has 0 aliphatic rings. The van der Waals surface area contributed by atoms with E-state index in [0.29, 0.717) is 11.3 Å². The Bertz CT molecular complexity index is 803. The monoisotopic (exact) mass is 310 g/mol. The molecule has 6 heteroatoms. The number of aromatic carboxylic acids is 1. The Hall–Kier alpha value is -3.46. The molecule has 0 saturated carbocycles. The third-order valence-corrected chi connectivity index (χ3v) is 2.94. The van der Waals surface area contributed by atoms with Crippen molar-refractivity contribution in [2.75, 3.05) is 5.32 Å². The fourth-order valence-electron chi connectivity index (χ4n) is 1.77. The maximum atomic E-state index is 12.8. The van der Waals surface area contributed by atoms with Crippen LogP contribution in [0, 0.1) is 17.1 Å². The fourth-order valence-corrected chi connectivity index (χ4v) is 1.77. The molecule has 0 fully saturated rings. The normalized spacial score (nSPS) is 10.7. The SMILES string of the molecule is N#C/C(=C\c1ccc(F)cc1)C(=O)Nc1ccc(C(=O)O)cc1. The molecule has 0 aliphatic heterocycles. The van der Waals surface area contributed by atoms with Gasteiger partial charge in [0.1, 0.15) is 17.5 Å². The van der Waals surface area contributed by atoms with Crippen LogP contribution in [0.4, 0.5) is 10.1 Å². The average Bonchev–Trinajstić information content (AvgIpc) is 2.54. The molecule has 0 spiro atoms. The lowest BCUT2D eigenvalue weighted by Gasteiger charge is -2.04. The van der Waals surface area contributed by atoms with Gasteiger partial charge < -0.3 is 10.4 Å². The summed E-state index contributed by atoms with van der Waals surface area (Å²) >= 11 is 0. The first-order valence-electron chi connectivity index (χ1n) is 6.51. The van der Waals surface area contributed by atoms with Gasteiger partial charge in [0.25, 0.3) is 5.91 Å². The summed E-state index contributed by atoms with van der Waals surface area (Å²) in [5.74, 6) is -2.12. The highest BCUT2D eigenvalue weighted by Gasteiger charge is 2.10. The number of anilines is 1. The van der Waals surface area contributed by atoms with Crippen LogP contribution in [0.3, 0.4) is 0 Å². The van der Waals surface area contributed by atoms with Crippen LogP contribution in [0.5, 0.6) is 0 Å². The predicted octanol–water partition coefficient (Wildman–Crippen LogP) is 3.07. The number of nitrogens with zero attached hydrogens (tertiary/aromatic N) is 1. The van der Waals surface area contributed by atoms with Gasteiger partial charge in [0.2, 0.25) is 0 Å². The van der Waals surface area contributed by atoms with E-state index in [1.165, 1.54) is 54.6 Å². The summed E-state index contributed by atoms with van der Waals surface area (Å²) in [6, 6.07) is 12.7. The van der Waals surface area contributed by atoms with Crippen molar-refractivity contribution in [1.82, 2.24) is 0 Å². The fraction of sp³-hybridized carbons (Fsp3) is 0. The Balaban J connectivity index is 2.15. The predicted molar refractivity (Wildman–Crippen MR) is 82.0 cm³/mol. The molecule has 2 N–H and O–H groups in total. The number of hydrogen-bond donors (Lipinski definition) is 2. The molecule has 2 rings (SSSR count). The number of carbonyl (C=O) groups is 2. The van der Waals surface area contributed by atoms with Crippen LogP contribution in [0.25, 0.3) is 6.08 Å². The standard InChI is InChI=1S/C17H11FN2O3/c18-14-5-1-11(2-6-14)9-13(10-19)16(21)20-15-7-3-12(4-8-15)17(22)23/h1-9H,(H,20,21)(H,22,23)/b13-9+. The van der Waals surface area contributed by atoms with Gasteiger partial charge in [-0.25, -0.2) is 9.18 Å². The highest BCUT2D eigenvalue weighted by molar-refractivity contribution is 6.09. The molecule has 0 radical (unpaired) electrons. The van der Waals surface area contributed by atoms with Crippen molar-refractivity contribution < 1.29 is 19.1 Å². The van der Waals surface area contributed by atoms with Gasteiger partial charge in [0, 0.05) is 5.69 Å². The highest BCUT2D eigenvalue weighted by Crippen LogP contribution is 2.13. The number of carbonyl (C=O) groups excluding carboxylic acids is 1. The minimum atomic E-state index is -1.07. The van der Waals surface area contributed by atoms with Crippen molar-refractivity contribution in [2.45, 2.75) is 0 Å². The van der Waals surface area contributed by atoms with E-state index in [1.54, 1.807) is 6.07 Å². The Morgan fingerprint density at radius 2 is 1.70 bits per heavy atom. The van der Waals surface area contributed by atoms with Crippen molar-refractivity contribution >= 4 is 23.6 Å². The summed E-state index contributed by atoms with van der Waals surface area (Å²) in [5.41, 5.74) is 0.809. The molecule has 0 bridgehead atoms. The van der Waals surface area contributed by atoms with Crippen LogP contribution in [0.2, 0.25) is 0 Å². The summed E-state index contributed by atoms with van der Waals surface area (Å²) in [5, 5.41) is 20.4. The molecule has 2 aromatic rings. The number of nitriles is 1. The summed E-state index contributed by atoms with van der Waals surface area (Å²) < 4.78 is 12.8. The van der Waals surface area contributed by atoms with Gasteiger partial charge in [0.05, 0.1) is 5.56 Å². The van der Waals surface area contributed by atoms with Gasteiger partial charge in [-0.2, -0.15) is 5.26 Å². The van der Waals surface area contributed by atoms with E-state index in [-0.39, 0.29) is 11.1 Å². The highest BCUT2D eigenvalue weighted by atomic mass is 19.1. The largest absolute Gasteiger partial charge is 0.478 e. The molecular formula is C17H11FN2O3. The number of benzene rings is 2. The zero-order valence-corrected chi connectivity index (χ0v) is 11.8. The lowest BCUT2D eigenvalue weighted by atomic mass is 10.1. The van der Waals surface area contributed by atoms with Gasteiger partial charge in [-0.3, -0.25) is 4.79 Å². The maximum Gasteiger partial charge on any atom is 0.335 e. The van der Waals surface area contributed by atoms with E-state index in [9.17, 15) is 14.0 Å². The molecule has 0 atom stereocenters. The first-order chi connectivity index (χ1) is 11.0. The molecular weight excluding hydrogens is 299 g/mol. The topological polar surface area (TPSA) is 90.2 Å². The van der Waals surface area contributed by atoms with Gasteiger partial charge in [-0.1, -0.05) is 12.1 Å². The number of carboxylic acids is 1. The quantitative estimate of drug-likeness (QED) is 0.670. The van der Waals surface area contributed by atoms with Crippen LogP contribution in [0.15, 0.2) is 54.1 Å². The molecule has 23 heavy (non-hydrogen) atoms. The molecule has 0 heterocycles. The third-order valence-electron chi connectivity index (χ3n) is 2.94. The van der Waals surface area contributed by atoms with Crippen molar-refractivity contribution in [2.24, 2.45) is 0 Å².